The molecule has 0 aliphatic rings. The Morgan fingerprint density at radius 3 is 2.68 bits per heavy atom. The molecule has 22 heavy (non-hydrogen) atoms. The molecule has 0 saturated heterocycles. The molecule has 4 nitrogen and oxygen atoms in total. The number of hydrogen-bond acceptors (Lipinski definition) is 3. The van der Waals surface area contributed by atoms with Crippen LogP contribution in [0, 0.1) is 12.7 Å². The van der Waals surface area contributed by atoms with Crippen molar-refractivity contribution < 1.29 is 4.39 Å². The summed E-state index contributed by atoms with van der Waals surface area (Å²) in [5, 5.41) is 8.28. The Bertz CT molecular complexity index is 795. The SMILES string of the molecule is Cc1cccc(-c2c(CN)nnn2Cc2ccccc2F)c1. The van der Waals surface area contributed by atoms with Gasteiger partial charge >= 0.3 is 0 Å². The average Bonchev–Trinajstić information content (AvgIpc) is 2.92. The average molecular weight is 296 g/mol. The number of rotatable bonds is 4. The van der Waals surface area contributed by atoms with Crippen LogP contribution in [0.1, 0.15) is 16.8 Å². The molecule has 0 amide bonds. The summed E-state index contributed by atoms with van der Waals surface area (Å²) in [4.78, 5) is 0. The summed E-state index contributed by atoms with van der Waals surface area (Å²) in [6.07, 6.45) is 0. The largest absolute Gasteiger partial charge is 0.325 e. The number of halogens is 1. The van der Waals surface area contributed by atoms with Crippen molar-refractivity contribution in [3.05, 3.63) is 71.2 Å². The normalized spacial score (nSPS) is 10.9. The molecule has 0 atom stereocenters. The highest BCUT2D eigenvalue weighted by molar-refractivity contribution is 5.62. The molecule has 0 unspecified atom stereocenters. The maximum Gasteiger partial charge on any atom is 0.128 e. The molecule has 112 valence electrons. The van der Waals surface area contributed by atoms with Crippen LogP contribution in [0.5, 0.6) is 0 Å². The molecule has 0 spiro atoms. The first-order valence-corrected chi connectivity index (χ1v) is 7.12. The topological polar surface area (TPSA) is 56.7 Å². The van der Waals surface area contributed by atoms with E-state index in [1.165, 1.54) is 6.07 Å². The van der Waals surface area contributed by atoms with Crippen LogP contribution in [0.25, 0.3) is 11.3 Å². The molecule has 0 aliphatic heterocycles. The first-order chi connectivity index (χ1) is 10.7. The molecule has 3 rings (SSSR count). The van der Waals surface area contributed by atoms with Gasteiger partial charge in [-0.3, -0.25) is 0 Å². The van der Waals surface area contributed by atoms with Crippen molar-refractivity contribution >= 4 is 0 Å². The molecular weight excluding hydrogens is 279 g/mol. The second-order valence-electron chi connectivity index (χ2n) is 5.21. The van der Waals surface area contributed by atoms with E-state index in [0.29, 0.717) is 24.3 Å². The van der Waals surface area contributed by atoms with E-state index in [1.807, 2.05) is 31.2 Å². The summed E-state index contributed by atoms with van der Waals surface area (Å²) in [6.45, 7) is 2.64. The van der Waals surface area contributed by atoms with Crippen LogP contribution in [0.4, 0.5) is 4.39 Å². The lowest BCUT2D eigenvalue weighted by atomic mass is 10.1. The van der Waals surface area contributed by atoms with Crippen LogP contribution in [0.3, 0.4) is 0 Å². The van der Waals surface area contributed by atoms with Gasteiger partial charge in [-0.05, 0) is 19.1 Å². The van der Waals surface area contributed by atoms with Gasteiger partial charge in [-0.25, -0.2) is 9.07 Å². The first kappa shape index (κ1) is 14.4. The zero-order valence-electron chi connectivity index (χ0n) is 12.3. The monoisotopic (exact) mass is 296 g/mol. The summed E-state index contributed by atoms with van der Waals surface area (Å²) >= 11 is 0. The first-order valence-electron chi connectivity index (χ1n) is 7.12. The van der Waals surface area contributed by atoms with Crippen molar-refractivity contribution in [2.45, 2.75) is 20.0 Å². The second-order valence-corrected chi connectivity index (χ2v) is 5.21. The molecule has 0 saturated carbocycles. The number of nitrogens with zero attached hydrogens (tertiary/aromatic N) is 3. The van der Waals surface area contributed by atoms with Gasteiger partial charge in [0, 0.05) is 17.7 Å². The van der Waals surface area contributed by atoms with Crippen molar-refractivity contribution in [1.82, 2.24) is 15.0 Å². The molecule has 0 bridgehead atoms. The Labute approximate surface area is 128 Å². The lowest BCUT2D eigenvalue weighted by Gasteiger charge is -2.09. The Balaban J connectivity index is 2.06. The quantitative estimate of drug-likeness (QED) is 0.805. The van der Waals surface area contributed by atoms with Crippen molar-refractivity contribution in [1.29, 1.82) is 0 Å². The fraction of sp³-hybridized carbons (Fsp3) is 0.176. The summed E-state index contributed by atoms with van der Waals surface area (Å²) < 4.78 is 15.6. The van der Waals surface area contributed by atoms with E-state index in [1.54, 1.807) is 16.8 Å². The summed E-state index contributed by atoms with van der Waals surface area (Å²) in [7, 11) is 0. The smallest absolute Gasteiger partial charge is 0.128 e. The summed E-state index contributed by atoms with van der Waals surface area (Å²) in [5.41, 5.74) is 10.0. The lowest BCUT2D eigenvalue weighted by molar-refractivity contribution is 0.579. The second kappa shape index (κ2) is 6.07. The van der Waals surface area contributed by atoms with Crippen molar-refractivity contribution in [3.63, 3.8) is 0 Å². The molecule has 3 aromatic rings. The van der Waals surface area contributed by atoms with E-state index < -0.39 is 0 Å². The zero-order chi connectivity index (χ0) is 15.5. The molecule has 2 N–H and O–H groups in total. The number of aryl methyl sites for hydroxylation is 1. The molecule has 0 fully saturated rings. The van der Waals surface area contributed by atoms with Crippen LogP contribution in [-0.2, 0) is 13.1 Å². The third kappa shape index (κ3) is 2.76. The van der Waals surface area contributed by atoms with Crippen molar-refractivity contribution in [2.24, 2.45) is 5.73 Å². The highest BCUT2D eigenvalue weighted by Gasteiger charge is 2.15. The van der Waals surface area contributed by atoms with E-state index in [0.717, 1.165) is 16.8 Å². The van der Waals surface area contributed by atoms with Crippen LogP contribution in [0.2, 0.25) is 0 Å². The highest BCUT2D eigenvalue weighted by Crippen LogP contribution is 2.24. The van der Waals surface area contributed by atoms with Crippen LogP contribution in [-0.4, -0.2) is 15.0 Å². The van der Waals surface area contributed by atoms with Gasteiger partial charge in [0.25, 0.3) is 0 Å². The van der Waals surface area contributed by atoms with Crippen molar-refractivity contribution in [3.8, 4) is 11.3 Å². The fourth-order valence-electron chi connectivity index (χ4n) is 2.49. The molecule has 0 aliphatic carbocycles. The third-order valence-electron chi connectivity index (χ3n) is 3.57. The van der Waals surface area contributed by atoms with Gasteiger partial charge in [-0.1, -0.05) is 47.2 Å². The molecule has 0 radical (unpaired) electrons. The number of benzene rings is 2. The fourth-order valence-corrected chi connectivity index (χ4v) is 2.49. The third-order valence-corrected chi connectivity index (χ3v) is 3.57. The van der Waals surface area contributed by atoms with Crippen molar-refractivity contribution in [2.75, 3.05) is 0 Å². The molecular formula is C17H17FN4. The predicted molar refractivity (Wildman–Crippen MR) is 83.6 cm³/mol. The van der Waals surface area contributed by atoms with E-state index >= 15 is 0 Å². The lowest BCUT2D eigenvalue weighted by Crippen LogP contribution is -2.07. The van der Waals surface area contributed by atoms with Gasteiger partial charge in [-0.2, -0.15) is 0 Å². The summed E-state index contributed by atoms with van der Waals surface area (Å²) in [6, 6.07) is 14.7. The minimum absolute atomic E-state index is 0.248. The van der Waals surface area contributed by atoms with Gasteiger partial charge in [0.2, 0.25) is 0 Å². The molecule has 1 heterocycles. The zero-order valence-corrected chi connectivity index (χ0v) is 12.3. The summed E-state index contributed by atoms with van der Waals surface area (Å²) in [5.74, 6) is -0.248. The maximum absolute atomic E-state index is 13.9. The van der Waals surface area contributed by atoms with Gasteiger partial charge in [0.1, 0.15) is 11.5 Å². The highest BCUT2D eigenvalue weighted by atomic mass is 19.1. The van der Waals surface area contributed by atoms with Gasteiger partial charge in [-0.15, -0.1) is 5.10 Å². The number of nitrogens with two attached hydrogens (primary N) is 1. The Morgan fingerprint density at radius 2 is 1.95 bits per heavy atom. The Hall–Kier alpha value is -2.53. The minimum Gasteiger partial charge on any atom is -0.325 e. The molecule has 5 heteroatoms. The number of aromatic nitrogens is 3. The Kier molecular flexibility index (Phi) is 3.98. The van der Waals surface area contributed by atoms with Crippen LogP contribution >= 0.6 is 0 Å². The molecule has 1 aromatic heterocycles. The molecule has 2 aromatic carbocycles. The maximum atomic E-state index is 13.9. The standard InChI is InChI=1S/C17H17FN4/c1-12-5-4-7-13(9-12)17-16(10-19)20-21-22(17)11-14-6-2-3-8-15(14)18/h2-9H,10-11,19H2,1H3. The van der Waals surface area contributed by atoms with Gasteiger partial charge in [0.05, 0.1) is 12.2 Å². The van der Waals surface area contributed by atoms with Gasteiger partial charge < -0.3 is 5.73 Å². The van der Waals surface area contributed by atoms with Crippen LogP contribution < -0.4 is 5.73 Å². The van der Waals surface area contributed by atoms with E-state index in [9.17, 15) is 4.39 Å². The van der Waals surface area contributed by atoms with Crippen LogP contribution in [0.15, 0.2) is 48.5 Å². The van der Waals surface area contributed by atoms with E-state index in [2.05, 4.69) is 16.4 Å². The van der Waals surface area contributed by atoms with Gasteiger partial charge in [0.15, 0.2) is 0 Å². The van der Waals surface area contributed by atoms with E-state index in [4.69, 9.17) is 5.73 Å². The predicted octanol–water partition coefficient (Wildman–Crippen LogP) is 2.90. The number of hydrogen-bond donors (Lipinski definition) is 1. The van der Waals surface area contributed by atoms with E-state index in [-0.39, 0.29) is 5.82 Å². The Morgan fingerprint density at radius 1 is 1.14 bits per heavy atom. The minimum atomic E-state index is -0.248.